The van der Waals surface area contributed by atoms with Crippen molar-refractivity contribution >= 4 is 16.9 Å². The van der Waals surface area contributed by atoms with Gasteiger partial charge >= 0.3 is 0 Å². The molecular formula is C23H26N2O4. The van der Waals surface area contributed by atoms with Crippen LogP contribution in [0, 0.1) is 13.8 Å². The summed E-state index contributed by atoms with van der Waals surface area (Å²) in [7, 11) is 5.49. The average molecular weight is 394 g/mol. The van der Waals surface area contributed by atoms with Gasteiger partial charge in [0.2, 0.25) is 0 Å². The van der Waals surface area contributed by atoms with Crippen molar-refractivity contribution < 1.29 is 13.9 Å². The van der Waals surface area contributed by atoms with E-state index in [0.717, 1.165) is 22.4 Å². The monoisotopic (exact) mass is 394 g/mol. The largest absolute Gasteiger partial charge is 0.496 e. The zero-order valence-corrected chi connectivity index (χ0v) is 17.4. The van der Waals surface area contributed by atoms with Gasteiger partial charge in [-0.15, -0.1) is 0 Å². The Morgan fingerprint density at radius 1 is 1.17 bits per heavy atom. The van der Waals surface area contributed by atoms with Gasteiger partial charge in [-0.25, -0.2) is 0 Å². The Bertz CT molecular complexity index is 1100. The highest BCUT2D eigenvalue weighted by molar-refractivity contribution is 5.93. The highest BCUT2D eigenvalue weighted by Gasteiger charge is 2.21. The van der Waals surface area contributed by atoms with Crippen molar-refractivity contribution in [3.63, 3.8) is 0 Å². The highest BCUT2D eigenvalue weighted by Crippen LogP contribution is 2.27. The maximum absolute atomic E-state index is 12.7. The summed E-state index contributed by atoms with van der Waals surface area (Å²) in [4.78, 5) is 27.3. The molecule has 0 aliphatic carbocycles. The predicted octanol–water partition coefficient (Wildman–Crippen LogP) is 3.45. The molecular weight excluding hydrogens is 368 g/mol. The smallest absolute Gasteiger partial charge is 0.287 e. The van der Waals surface area contributed by atoms with Crippen molar-refractivity contribution in [3.8, 4) is 5.75 Å². The summed E-state index contributed by atoms with van der Waals surface area (Å²) in [6.07, 6.45) is 0. The number of carbonyl (C=O) groups is 1. The van der Waals surface area contributed by atoms with Crippen LogP contribution in [0.15, 0.2) is 51.7 Å². The molecule has 1 atom stereocenters. The Hall–Kier alpha value is -3.12. The Labute approximate surface area is 170 Å². The van der Waals surface area contributed by atoms with E-state index in [-0.39, 0.29) is 17.2 Å². The van der Waals surface area contributed by atoms with Crippen LogP contribution < -0.4 is 15.5 Å². The second kappa shape index (κ2) is 8.49. The Kier molecular flexibility index (Phi) is 6.03. The number of hydrogen-bond acceptors (Lipinski definition) is 5. The Morgan fingerprint density at radius 3 is 2.59 bits per heavy atom. The van der Waals surface area contributed by atoms with E-state index in [1.807, 2.05) is 63.2 Å². The van der Waals surface area contributed by atoms with Crippen LogP contribution >= 0.6 is 0 Å². The number of ether oxygens (including phenoxy) is 1. The third kappa shape index (κ3) is 4.32. The summed E-state index contributed by atoms with van der Waals surface area (Å²) < 4.78 is 11.2. The molecule has 6 nitrogen and oxygen atoms in total. The zero-order valence-electron chi connectivity index (χ0n) is 17.4. The fourth-order valence-electron chi connectivity index (χ4n) is 3.56. The van der Waals surface area contributed by atoms with Crippen LogP contribution in [0.1, 0.15) is 33.3 Å². The van der Waals surface area contributed by atoms with Crippen molar-refractivity contribution in [1.82, 2.24) is 10.2 Å². The van der Waals surface area contributed by atoms with Crippen LogP contribution in [-0.4, -0.2) is 38.6 Å². The first kappa shape index (κ1) is 20.6. The van der Waals surface area contributed by atoms with Crippen LogP contribution in [-0.2, 0) is 0 Å². The number of rotatable bonds is 6. The fraction of sp³-hybridized carbons (Fsp3) is 0.304. The van der Waals surface area contributed by atoms with Crippen LogP contribution in [0.3, 0.4) is 0 Å². The van der Waals surface area contributed by atoms with E-state index in [0.29, 0.717) is 17.5 Å². The molecule has 2 aromatic carbocycles. The molecule has 0 saturated heterocycles. The summed E-state index contributed by atoms with van der Waals surface area (Å²) in [6.45, 7) is 4.12. The number of likely N-dealkylation sites (N-methyl/N-ethyl adjacent to an activating group) is 1. The number of benzene rings is 2. The van der Waals surface area contributed by atoms with Crippen LogP contribution in [0.4, 0.5) is 0 Å². The van der Waals surface area contributed by atoms with Crippen LogP contribution in [0.5, 0.6) is 5.75 Å². The van der Waals surface area contributed by atoms with Gasteiger partial charge in [0.05, 0.1) is 18.5 Å². The molecule has 0 fully saturated rings. The topological polar surface area (TPSA) is 71.8 Å². The Morgan fingerprint density at radius 2 is 1.90 bits per heavy atom. The Balaban J connectivity index is 1.87. The molecule has 152 valence electrons. The molecule has 0 spiro atoms. The van der Waals surface area contributed by atoms with Crippen molar-refractivity contribution in [2.45, 2.75) is 19.9 Å². The number of aryl methyl sites for hydroxylation is 2. The standard InChI is InChI=1S/C23H26N2O4/c1-14-10-15(2)22-18(26)12-21(29-20(22)11-14)23(27)24-13-17(25(3)4)16-8-6-7-9-19(16)28-5/h6-12,17H,13H2,1-5H3,(H,24,27). The van der Waals surface area contributed by atoms with Gasteiger partial charge in [-0.2, -0.15) is 0 Å². The number of fused-ring (bicyclic) bond motifs is 1. The number of nitrogens with zero attached hydrogens (tertiary/aromatic N) is 1. The molecule has 1 N–H and O–H groups in total. The molecule has 3 rings (SSSR count). The first-order valence-electron chi connectivity index (χ1n) is 9.44. The minimum atomic E-state index is -0.426. The summed E-state index contributed by atoms with van der Waals surface area (Å²) in [6, 6.07) is 12.6. The maximum Gasteiger partial charge on any atom is 0.287 e. The molecule has 1 unspecified atom stereocenters. The summed E-state index contributed by atoms with van der Waals surface area (Å²) >= 11 is 0. The average Bonchev–Trinajstić information content (AvgIpc) is 2.67. The van der Waals surface area contributed by atoms with Crippen molar-refractivity contribution in [3.05, 3.63) is 75.1 Å². The molecule has 1 heterocycles. The molecule has 29 heavy (non-hydrogen) atoms. The third-order valence-corrected chi connectivity index (χ3v) is 4.97. The molecule has 0 saturated carbocycles. The van der Waals surface area contributed by atoms with Crippen molar-refractivity contribution in [2.24, 2.45) is 0 Å². The second-order valence-corrected chi connectivity index (χ2v) is 7.36. The second-order valence-electron chi connectivity index (χ2n) is 7.36. The van der Waals surface area contributed by atoms with Gasteiger partial charge in [-0.3, -0.25) is 9.59 Å². The quantitative estimate of drug-likeness (QED) is 0.693. The van der Waals surface area contributed by atoms with Crippen LogP contribution in [0.25, 0.3) is 11.0 Å². The number of nitrogens with one attached hydrogen (secondary N) is 1. The normalized spacial score (nSPS) is 12.2. The SMILES string of the molecule is COc1ccccc1C(CNC(=O)c1cc(=O)c2c(C)cc(C)cc2o1)N(C)C. The van der Waals surface area contributed by atoms with E-state index >= 15 is 0 Å². The lowest BCUT2D eigenvalue weighted by molar-refractivity contribution is 0.0914. The van der Waals surface area contributed by atoms with Gasteiger partial charge in [0.15, 0.2) is 11.2 Å². The first-order chi connectivity index (χ1) is 13.8. The highest BCUT2D eigenvalue weighted by atomic mass is 16.5. The molecule has 0 bridgehead atoms. The van der Waals surface area contributed by atoms with Gasteiger partial charge in [0.25, 0.3) is 5.91 Å². The number of para-hydroxylation sites is 1. The number of amides is 1. The molecule has 0 radical (unpaired) electrons. The number of methoxy groups -OCH3 is 1. The summed E-state index contributed by atoms with van der Waals surface area (Å²) in [5, 5.41) is 3.39. The van der Waals surface area contributed by atoms with Gasteiger partial charge in [0.1, 0.15) is 11.3 Å². The molecule has 1 amide bonds. The van der Waals surface area contributed by atoms with E-state index < -0.39 is 5.91 Å². The van der Waals surface area contributed by atoms with Gasteiger partial charge in [0, 0.05) is 18.2 Å². The number of hydrogen-bond donors (Lipinski definition) is 1. The van der Waals surface area contributed by atoms with E-state index in [4.69, 9.17) is 9.15 Å². The molecule has 1 aromatic heterocycles. The lowest BCUT2D eigenvalue weighted by Gasteiger charge is -2.26. The van der Waals surface area contributed by atoms with E-state index in [9.17, 15) is 9.59 Å². The lowest BCUT2D eigenvalue weighted by Crippen LogP contribution is -2.35. The maximum atomic E-state index is 12.7. The van der Waals surface area contributed by atoms with Crippen molar-refractivity contribution in [2.75, 3.05) is 27.7 Å². The van der Waals surface area contributed by atoms with E-state index in [1.165, 1.54) is 6.07 Å². The zero-order chi connectivity index (χ0) is 21.1. The molecule has 0 aliphatic rings. The minimum absolute atomic E-state index is 0.00466. The third-order valence-electron chi connectivity index (χ3n) is 4.97. The predicted molar refractivity (Wildman–Crippen MR) is 114 cm³/mol. The lowest BCUT2D eigenvalue weighted by atomic mass is 10.0. The van der Waals surface area contributed by atoms with Gasteiger partial charge in [-0.1, -0.05) is 24.3 Å². The number of carbonyl (C=O) groups excluding carboxylic acids is 1. The molecule has 0 aliphatic heterocycles. The van der Waals surface area contributed by atoms with Crippen LogP contribution in [0.2, 0.25) is 0 Å². The molecule has 6 heteroatoms. The van der Waals surface area contributed by atoms with Gasteiger partial charge < -0.3 is 19.4 Å². The van der Waals surface area contributed by atoms with E-state index in [1.54, 1.807) is 13.2 Å². The summed E-state index contributed by atoms with van der Waals surface area (Å²) in [5.74, 6) is 0.332. The minimum Gasteiger partial charge on any atom is -0.496 e. The van der Waals surface area contributed by atoms with Crippen molar-refractivity contribution in [1.29, 1.82) is 0 Å². The summed E-state index contributed by atoms with van der Waals surface area (Å²) in [5.41, 5.74) is 2.98. The van der Waals surface area contributed by atoms with E-state index in [2.05, 4.69) is 5.32 Å². The molecule has 3 aromatic rings. The van der Waals surface area contributed by atoms with Gasteiger partial charge in [-0.05, 0) is 51.2 Å². The first-order valence-corrected chi connectivity index (χ1v) is 9.44. The fourth-order valence-corrected chi connectivity index (χ4v) is 3.56.